The van der Waals surface area contributed by atoms with Crippen molar-refractivity contribution < 1.29 is 9.90 Å². The normalized spacial score (nSPS) is 30.1. The Balaban J connectivity index is 1.68. The summed E-state index contributed by atoms with van der Waals surface area (Å²) in [5, 5.41) is 13.3. The summed E-state index contributed by atoms with van der Waals surface area (Å²) in [6.45, 7) is 3.24. The topological polar surface area (TPSA) is 62.2 Å². The molecule has 4 nitrogen and oxygen atoms in total. The van der Waals surface area contributed by atoms with Gasteiger partial charge in [-0.15, -0.1) is 11.3 Å². The number of nitrogens with zero attached hydrogens (tertiary/aromatic N) is 1. The lowest BCUT2D eigenvalue weighted by molar-refractivity contribution is -0.138. The van der Waals surface area contributed by atoms with Crippen LogP contribution in [0.15, 0.2) is 0 Å². The summed E-state index contributed by atoms with van der Waals surface area (Å²) in [5.74, 6) is 0.498. The first kappa shape index (κ1) is 11.0. The highest BCUT2D eigenvalue weighted by atomic mass is 32.1. The fraction of sp³-hybridized carbons (Fsp3) is 0.667. The molecule has 0 aliphatic heterocycles. The smallest absolute Gasteiger partial charge is 0.312 e. The molecule has 0 radical (unpaired) electrons. The zero-order valence-electron chi connectivity index (χ0n) is 9.77. The van der Waals surface area contributed by atoms with Gasteiger partial charge in [0.25, 0.3) is 0 Å². The predicted octanol–water partition coefficient (Wildman–Crippen LogP) is 2.33. The number of aliphatic carboxylic acids is 1. The quantitative estimate of drug-likeness (QED) is 0.863. The number of nitrogens with one attached hydrogen (secondary N) is 1. The standard InChI is InChI=1S/C12H16N2O2S/c1-6-4-7(6)5-13-12-14-10-8(11(15)16)2-3-9(10)17-12/h6-8H,2-5H2,1H3,(H,13,14)(H,15,16). The fourth-order valence-corrected chi connectivity index (χ4v) is 3.49. The van der Waals surface area contributed by atoms with E-state index in [4.69, 9.17) is 5.11 Å². The number of aromatic nitrogens is 1. The Morgan fingerprint density at radius 2 is 2.41 bits per heavy atom. The zero-order chi connectivity index (χ0) is 12.0. The summed E-state index contributed by atoms with van der Waals surface area (Å²) in [7, 11) is 0. The molecule has 5 heteroatoms. The molecule has 3 rings (SSSR count). The number of fused-ring (bicyclic) bond motifs is 1. The molecular weight excluding hydrogens is 236 g/mol. The number of aryl methyl sites for hydroxylation is 1. The minimum Gasteiger partial charge on any atom is -0.481 e. The van der Waals surface area contributed by atoms with Crippen molar-refractivity contribution in [1.29, 1.82) is 0 Å². The molecule has 2 aliphatic carbocycles. The van der Waals surface area contributed by atoms with Gasteiger partial charge in [-0.25, -0.2) is 4.98 Å². The largest absolute Gasteiger partial charge is 0.481 e. The maximum atomic E-state index is 11.0. The van der Waals surface area contributed by atoms with E-state index < -0.39 is 5.97 Å². The molecule has 1 aromatic rings. The first-order valence-corrected chi connectivity index (χ1v) is 6.93. The van der Waals surface area contributed by atoms with Crippen LogP contribution in [0.25, 0.3) is 0 Å². The van der Waals surface area contributed by atoms with Crippen LogP contribution < -0.4 is 5.32 Å². The van der Waals surface area contributed by atoms with Gasteiger partial charge in [-0.05, 0) is 31.1 Å². The summed E-state index contributed by atoms with van der Waals surface area (Å²) >= 11 is 1.63. The number of anilines is 1. The van der Waals surface area contributed by atoms with Crippen molar-refractivity contribution in [2.75, 3.05) is 11.9 Å². The highest BCUT2D eigenvalue weighted by molar-refractivity contribution is 7.15. The van der Waals surface area contributed by atoms with Crippen molar-refractivity contribution in [2.24, 2.45) is 11.8 Å². The van der Waals surface area contributed by atoms with Gasteiger partial charge in [0.2, 0.25) is 0 Å². The number of hydrogen-bond acceptors (Lipinski definition) is 4. The maximum absolute atomic E-state index is 11.0. The number of carboxylic acids is 1. The number of carboxylic acid groups (broad SMARTS) is 1. The minimum atomic E-state index is -0.739. The van der Waals surface area contributed by atoms with Crippen molar-refractivity contribution in [1.82, 2.24) is 4.98 Å². The molecule has 0 bridgehead atoms. The van der Waals surface area contributed by atoms with Crippen LogP contribution in [-0.4, -0.2) is 22.6 Å². The molecule has 3 atom stereocenters. The second-order valence-corrected chi connectivity index (χ2v) is 6.19. The molecule has 1 saturated carbocycles. The molecular formula is C12H16N2O2S. The Hall–Kier alpha value is -1.10. The third kappa shape index (κ3) is 2.04. The third-order valence-electron chi connectivity index (χ3n) is 3.81. The van der Waals surface area contributed by atoms with Crippen LogP contribution in [0, 0.1) is 11.8 Å². The lowest BCUT2D eigenvalue weighted by Gasteiger charge is -2.03. The Labute approximate surface area is 104 Å². The highest BCUT2D eigenvalue weighted by Crippen LogP contribution is 2.40. The molecule has 1 fully saturated rings. The van der Waals surface area contributed by atoms with Gasteiger partial charge in [0, 0.05) is 11.4 Å². The number of rotatable bonds is 4. The number of carbonyl (C=O) groups is 1. The summed E-state index contributed by atoms with van der Waals surface area (Å²) in [4.78, 5) is 16.6. The first-order valence-electron chi connectivity index (χ1n) is 6.11. The van der Waals surface area contributed by atoms with E-state index in [0.717, 1.165) is 40.5 Å². The molecule has 0 aromatic carbocycles. The van der Waals surface area contributed by atoms with Crippen molar-refractivity contribution in [3.63, 3.8) is 0 Å². The average molecular weight is 252 g/mol. The van der Waals surface area contributed by atoms with Crippen LogP contribution in [0.4, 0.5) is 5.13 Å². The summed E-state index contributed by atoms with van der Waals surface area (Å²) < 4.78 is 0. The predicted molar refractivity (Wildman–Crippen MR) is 66.6 cm³/mol. The molecule has 1 aromatic heterocycles. The van der Waals surface area contributed by atoms with E-state index >= 15 is 0 Å². The van der Waals surface area contributed by atoms with Crippen LogP contribution in [0.3, 0.4) is 0 Å². The number of hydrogen-bond donors (Lipinski definition) is 2. The van der Waals surface area contributed by atoms with Crippen LogP contribution in [0.1, 0.15) is 36.3 Å². The van der Waals surface area contributed by atoms with Gasteiger partial charge >= 0.3 is 5.97 Å². The second-order valence-electron chi connectivity index (χ2n) is 5.11. The Morgan fingerprint density at radius 1 is 1.65 bits per heavy atom. The molecule has 2 N–H and O–H groups in total. The van der Waals surface area contributed by atoms with Crippen LogP contribution in [0.2, 0.25) is 0 Å². The van der Waals surface area contributed by atoms with Crippen LogP contribution in [-0.2, 0) is 11.2 Å². The summed E-state index contributed by atoms with van der Waals surface area (Å²) in [6, 6.07) is 0. The van der Waals surface area contributed by atoms with Crippen molar-refractivity contribution in [3.05, 3.63) is 10.6 Å². The molecule has 0 amide bonds. The van der Waals surface area contributed by atoms with Crippen molar-refractivity contribution in [3.8, 4) is 0 Å². The van der Waals surface area contributed by atoms with Crippen LogP contribution in [0.5, 0.6) is 0 Å². The monoisotopic (exact) mass is 252 g/mol. The lowest BCUT2D eigenvalue weighted by Crippen LogP contribution is -2.09. The van der Waals surface area contributed by atoms with Crippen LogP contribution >= 0.6 is 11.3 Å². The van der Waals surface area contributed by atoms with Gasteiger partial charge in [-0.1, -0.05) is 6.92 Å². The third-order valence-corrected chi connectivity index (χ3v) is 4.90. The van der Waals surface area contributed by atoms with Gasteiger partial charge in [0.05, 0.1) is 5.69 Å². The number of thiazole rings is 1. The van der Waals surface area contributed by atoms with E-state index in [9.17, 15) is 4.79 Å². The molecule has 0 spiro atoms. The molecule has 17 heavy (non-hydrogen) atoms. The highest BCUT2D eigenvalue weighted by Gasteiger charge is 2.34. The molecule has 92 valence electrons. The van der Waals surface area contributed by atoms with E-state index in [0.29, 0.717) is 6.42 Å². The average Bonchev–Trinajstić information content (AvgIpc) is 2.71. The molecule has 0 saturated heterocycles. The zero-order valence-corrected chi connectivity index (χ0v) is 10.6. The summed E-state index contributed by atoms with van der Waals surface area (Å²) in [6.07, 6.45) is 2.88. The minimum absolute atomic E-state index is 0.378. The van der Waals surface area contributed by atoms with Gasteiger partial charge in [0.1, 0.15) is 5.92 Å². The van der Waals surface area contributed by atoms with E-state index in [1.54, 1.807) is 11.3 Å². The molecule has 2 aliphatic rings. The fourth-order valence-electron chi connectivity index (χ4n) is 2.44. The van der Waals surface area contributed by atoms with Gasteiger partial charge < -0.3 is 10.4 Å². The van der Waals surface area contributed by atoms with Gasteiger partial charge in [-0.3, -0.25) is 4.79 Å². The first-order chi connectivity index (χ1) is 8.15. The van der Waals surface area contributed by atoms with Crippen molar-refractivity contribution >= 4 is 22.4 Å². The molecule has 1 heterocycles. The van der Waals surface area contributed by atoms with E-state index in [2.05, 4.69) is 17.2 Å². The van der Waals surface area contributed by atoms with Gasteiger partial charge in [-0.2, -0.15) is 0 Å². The molecule has 3 unspecified atom stereocenters. The van der Waals surface area contributed by atoms with Crippen molar-refractivity contribution in [2.45, 2.75) is 32.1 Å². The summed E-state index contributed by atoms with van der Waals surface area (Å²) in [5.41, 5.74) is 0.800. The Kier molecular flexibility index (Phi) is 2.58. The lowest BCUT2D eigenvalue weighted by atomic mass is 10.1. The van der Waals surface area contributed by atoms with Gasteiger partial charge in [0.15, 0.2) is 5.13 Å². The maximum Gasteiger partial charge on any atom is 0.312 e. The SMILES string of the molecule is CC1CC1CNc1nc2c(s1)CCC2C(=O)O. The van der Waals surface area contributed by atoms with E-state index in [1.807, 2.05) is 0 Å². The Bertz CT molecular complexity index is 457. The van der Waals surface area contributed by atoms with E-state index in [1.165, 1.54) is 6.42 Å². The second kappa shape index (κ2) is 3.98. The van der Waals surface area contributed by atoms with E-state index in [-0.39, 0.29) is 5.92 Å². The Morgan fingerprint density at radius 3 is 3.06 bits per heavy atom.